The molecular formula is CH2O2Po. The Morgan fingerprint density at radius 3 is 2.00 bits per heavy atom. The molecule has 24 valence electrons. The van der Waals surface area contributed by atoms with Crippen LogP contribution in [0.25, 0.3) is 0 Å². The zero-order valence-electron chi connectivity index (χ0n) is 1.80. The average molecular weight is 255 g/mol. The van der Waals surface area contributed by atoms with Crippen molar-refractivity contribution in [2.24, 2.45) is 0 Å². The van der Waals surface area contributed by atoms with E-state index < -0.39 is 3.63 Å². The molecule has 3 heteroatoms. The summed E-state index contributed by atoms with van der Waals surface area (Å²) in [6.07, 6.45) is 0. The minimum atomic E-state index is -0.722. The Labute approximate surface area is 38.9 Å². The van der Waals surface area contributed by atoms with Crippen LogP contribution in [0.3, 0.4) is 0 Å². The molecule has 0 amide bonds. The van der Waals surface area contributed by atoms with Gasteiger partial charge in [-0.15, -0.1) is 0 Å². The van der Waals surface area contributed by atoms with Crippen molar-refractivity contribution < 1.29 is 9.90 Å². The summed E-state index contributed by atoms with van der Waals surface area (Å²) in [7, 11) is 0. The van der Waals surface area contributed by atoms with Gasteiger partial charge in [0, 0.05) is 0 Å². The molecule has 0 aromatic carbocycles. The molecule has 0 saturated heterocycles. The normalized spacial score (nSPS) is 6.25. The maximum absolute atomic E-state index is 9.05. The van der Waals surface area contributed by atoms with Crippen LogP contribution in [0.4, 0.5) is 4.79 Å². The van der Waals surface area contributed by atoms with E-state index >= 15 is 0 Å². The summed E-state index contributed by atoms with van der Waals surface area (Å²) in [4.78, 5) is 9.05. The molecule has 0 bridgehead atoms. The van der Waals surface area contributed by atoms with Gasteiger partial charge in [-0.25, -0.2) is 0 Å². The second-order valence-corrected chi connectivity index (χ2v) is 1.77. The van der Waals surface area contributed by atoms with E-state index in [1.807, 2.05) is 0 Å². The van der Waals surface area contributed by atoms with Crippen LogP contribution in [-0.2, 0) is 0 Å². The van der Waals surface area contributed by atoms with Crippen LogP contribution in [0, 0.1) is 0 Å². The Morgan fingerprint density at radius 1 is 2.00 bits per heavy atom. The van der Waals surface area contributed by atoms with E-state index in [-0.39, 0.29) is 0 Å². The van der Waals surface area contributed by atoms with E-state index in [0.29, 0.717) is 25.1 Å². The summed E-state index contributed by atoms with van der Waals surface area (Å²) in [6.45, 7) is 0. The van der Waals surface area contributed by atoms with E-state index in [4.69, 9.17) is 9.90 Å². The number of rotatable bonds is 0. The van der Waals surface area contributed by atoms with E-state index in [2.05, 4.69) is 0 Å². The zero-order chi connectivity index (χ0) is 3.58. The van der Waals surface area contributed by atoms with Crippen LogP contribution in [0.2, 0.25) is 0 Å². The average Bonchev–Trinajstić information content (AvgIpc) is 0.811. The zero-order valence-corrected chi connectivity index (χ0v) is 5.28. The van der Waals surface area contributed by atoms with Crippen molar-refractivity contribution in [3.8, 4) is 0 Å². The molecule has 0 spiro atoms. The van der Waals surface area contributed by atoms with Gasteiger partial charge in [0.05, 0.1) is 0 Å². The van der Waals surface area contributed by atoms with Gasteiger partial charge in [0.1, 0.15) is 0 Å². The van der Waals surface area contributed by atoms with Gasteiger partial charge in [-0.3, -0.25) is 0 Å². The van der Waals surface area contributed by atoms with Crippen molar-refractivity contribution in [3.63, 3.8) is 0 Å². The summed E-state index contributed by atoms with van der Waals surface area (Å²) in [5.74, 6) is 0. The fourth-order valence-corrected chi connectivity index (χ4v) is 0. The van der Waals surface area contributed by atoms with Crippen LogP contribution >= 0.6 is 0 Å². The predicted octanol–water partition coefficient (Wildman–Crippen LogP) is -0.435. The summed E-state index contributed by atoms with van der Waals surface area (Å²) in [6, 6.07) is 0. The van der Waals surface area contributed by atoms with Crippen LogP contribution in [0.15, 0.2) is 0 Å². The first-order valence-corrected chi connectivity index (χ1v) is 2.39. The summed E-state index contributed by atoms with van der Waals surface area (Å²) < 4.78 is -0.722. The molecule has 0 aromatic rings. The van der Waals surface area contributed by atoms with Crippen molar-refractivity contribution in [1.82, 2.24) is 0 Å². The predicted molar refractivity (Wildman–Crippen MR) is 15.2 cm³/mol. The van der Waals surface area contributed by atoms with Gasteiger partial charge >= 0.3 is 38.6 Å². The Balaban J connectivity index is 2.80. The molecule has 0 unspecified atom stereocenters. The van der Waals surface area contributed by atoms with Gasteiger partial charge < -0.3 is 0 Å². The summed E-state index contributed by atoms with van der Waals surface area (Å²) in [5.41, 5.74) is 0. The van der Waals surface area contributed by atoms with Crippen LogP contribution in [0.5, 0.6) is 0 Å². The number of carboxylic acid groups (broad SMARTS) is 1. The van der Waals surface area contributed by atoms with Crippen LogP contribution in [0.1, 0.15) is 0 Å². The Hall–Kier alpha value is 0.366. The molecule has 0 radical (unpaired) electrons. The van der Waals surface area contributed by atoms with Gasteiger partial charge in [-0.2, -0.15) is 0 Å². The molecule has 0 atom stereocenters. The van der Waals surface area contributed by atoms with Crippen molar-refractivity contribution in [3.05, 3.63) is 0 Å². The first kappa shape index (κ1) is 4.37. The van der Waals surface area contributed by atoms with Gasteiger partial charge in [0.15, 0.2) is 0 Å². The van der Waals surface area contributed by atoms with Crippen molar-refractivity contribution in [2.45, 2.75) is 0 Å². The molecule has 0 rings (SSSR count). The monoisotopic (exact) mass is 255 g/mol. The fourth-order valence-electron chi connectivity index (χ4n) is 0. The second-order valence-electron chi connectivity index (χ2n) is 0.283. The SMILES string of the molecule is O=[C](O)[PoH]. The molecule has 0 heterocycles. The van der Waals surface area contributed by atoms with Crippen molar-refractivity contribution in [2.75, 3.05) is 0 Å². The van der Waals surface area contributed by atoms with E-state index in [1.165, 1.54) is 0 Å². The van der Waals surface area contributed by atoms with Gasteiger partial charge in [-0.1, -0.05) is 0 Å². The molecule has 4 heavy (non-hydrogen) atoms. The molecule has 0 saturated carbocycles. The molecular weight excluding hydrogens is 253 g/mol. The summed E-state index contributed by atoms with van der Waals surface area (Å²) in [5, 5.41) is 7.47. The molecule has 0 aliphatic rings. The van der Waals surface area contributed by atoms with Gasteiger partial charge in [-0.05, 0) is 0 Å². The van der Waals surface area contributed by atoms with E-state index in [0.717, 1.165) is 0 Å². The molecule has 0 fully saturated rings. The third-order valence-electron chi connectivity index (χ3n) is 0. The van der Waals surface area contributed by atoms with Crippen LogP contribution < -0.4 is 0 Å². The quantitative estimate of drug-likeness (QED) is 0.637. The first-order valence-electron chi connectivity index (χ1n) is 0.651. The van der Waals surface area contributed by atoms with Crippen molar-refractivity contribution >= 4 is 28.7 Å². The topological polar surface area (TPSA) is 37.3 Å². The van der Waals surface area contributed by atoms with Crippen molar-refractivity contribution in [1.29, 1.82) is 0 Å². The number of hydrogen-bond donors (Lipinski definition) is 1. The Kier molecular flexibility index (Phi) is 1.82. The van der Waals surface area contributed by atoms with Crippen LogP contribution in [-0.4, -0.2) is 33.8 Å². The third kappa shape index (κ3) is 32.9. The third-order valence-corrected chi connectivity index (χ3v) is 0. The minimum absolute atomic E-state index is 0.429. The van der Waals surface area contributed by atoms with Gasteiger partial charge in [0.25, 0.3) is 0 Å². The second kappa shape index (κ2) is 1.66. The maximum atomic E-state index is 9.05. The molecule has 2 nitrogen and oxygen atoms in total. The Bertz CT molecular complexity index is 29.0. The van der Waals surface area contributed by atoms with E-state index in [9.17, 15) is 0 Å². The molecule has 0 aliphatic heterocycles. The number of hydrogen-bond acceptors (Lipinski definition) is 1. The van der Waals surface area contributed by atoms with E-state index in [1.54, 1.807) is 0 Å². The molecule has 0 aromatic heterocycles. The Morgan fingerprint density at radius 2 is 2.00 bits per heavy atom. The number of carbonyl (C=O) groups is 1. The van der Waals surface area contributed by atoms with Gasteiger partial charge in [0.2, 0.25) is 0 Å². The molecule has 1 N–H and O–H groups in total. The fraction of sp³-hybridized carbons (Fsp3) is 0. The molecule has 0 aliphatic carbocycles. The first-order chi connectivity index (χ1) is 1.73. The summed E-state index contributed by atoms with van der Waals surface area (Å²) >= 11 is 0.429. The standard InChI is InChI=1S/CHO2.Po.H/c2-1-3;;/h(H,2,3);;.